The molecule has 68 valence electrons. The van der Waals surface area contributed by atoms with Gasteiger partial charge in [0.2, 0.25) is 0 Å². The van der Waals surface area contributed by atoms with Crippen molar-refractivity contribution in [2.45, 2.75) is 19.5 Å². The highest BCUT2D eigenvalue weighted by molar-refractivity contribution is 9.10. The van der Waals surface area contributed by atoms with E-state index >= 15 is 0 Å². The van der Waals surface area contributed by atoms with Crippen LogP contribution in [-0.2, 0) is 6.42 Å². The van der Waals surface area contributed by atoms with Gasteiger partial charge in [-0.15, -0.1) is 0 Å². The van der Waals surface area contributed by atoms with E-state index in [4.69, 9.17) is 0 Å². The molecule has 0 saturated carbocycles. The van der Waals surface area contributed by atoms with Crippen molar-refractivity contribution in [3.63, 3.8) is 0 Å². The van der Waals surface area contributed by atoms with Crippen LogP contribution in [0.2, 0.25) is 0 Å². The molecule has 12 heavy (non-hydrogen) atoms. The molecule has 2 nitrogen and oxygen atoms in total. The van der Waals surface area contributed by atoms with Crippen LogP contribution in [0.5, 0.6) is 0 Å². The van der Waals surface area contributed by atoms with Crippen LogP contribution in [0.3, 0.4) is 0 Å². The second-order valence-electron chi connectivity index (χ2n) is 2.41. The number of halogens is 4. The number of aromatic nitrogens is 2. The lowest BCUT2D eigenvalue weighted by atomic mass is 10.2. The first kappa shape index (κ1) is 9.57. The molecule has 0 aliphatic carbocycles. The maximum absolute atomic E-state index is 11.9. The van der Waals surface area contributed by atoms with Crippen molar-refractivity contribution in [3.05, 3.63) is 15.9 Å². The molecule has 0 aliphatic rings. The normalized spacial score (nSPS) is 12.1. The summed E-state index contributed by atoms with van der Waals surface area (Å²) in [5, 5.41) is 6.05. The first-order valence-corrected chi connectivity index (χ1v) is 3.95. The molecule has 0 atom stereocenters. The molecule has 1 aromatic rings. The highest BCUT2D eigenvalue weighted by atomic mass is 79.9. The molecule has 0 unspecified atom stereocenters. The molecule has 0 aliphatic heterocycles. The number of hydrogen-bond acceptors (Lipinski definition) is 1. The van der Waals surface area contributed by atoms with Gasteiger partial charge in [-0.1, -0.05) is 0 Å². The number of aromatic amines is 1. The van der Waals surface area contributed by atoms with E-state index in [1.165, 1.54) is 0 Å². The van der Waals surface area contributed by atoms with E-state index < -0.39 is 12.6 Å². The van der Waals surface area contributed by atoms with Gasteiger partial charge >= 0.3 is 6.18 Å². The van der Waals surface area contributed by atoms with Crippen molar-refractivity contribution in [1.82, 2.24) is 10.2 Å². The van der Waals surface area contributed by atoms with Crippen LogP contribution < -0.4 is 0 Å². The third-order valence-electron chi connectivity index (χ3n) is 1.40. The van der Waals surface area contributed by atoms with Crippen LogP contribution in [-0.4, -0.2) is 16.4 Å². The van der Waals surface area contributed by atoms with Crippen LogP contribution in [0, 0.1) is 6.92 Å². The summed E-state index contributed by atoms with van der Waals surface area (Å²) in [5.41, 5.74) is 0.613. The van der Waals surface area contributed by atoms with E-state index in [0.29, 0.717) is 5.69 Å². The summed E-state index contributed by atoms with van der Waals surface area (Å²) >= 11 is 2.93. The Bertz CT molecular complexity index is 259. The van der Waals surface area contributed by atoms with Crippen LogP contribution >= 0.6 is 15.9 Å². The Labute approximate surface area is 75.3 Å². The van der Waals surface area contributed by atoms with Crippen molar-refractivity contribution < 1.29 is 13.2 Å². The van der Waals surface area contributed by atoms with Crippen molar-refractivity contribution in [3.8, 4) is 0 Å². The Balaban J connectivity index is 2.88. The Kier molecular flexibility index (Phi) is 2.46. The van der Waals surface area contributed by atoms with E-state index in [2.05, 4.69) is 26.1 Å². The van der Waals surface area contributed by atoms with Gasteiger partial charge in [0.15, 0.2) is 0 Å². The van der Waals surface area contributed by atoms with Gasteiger partial charge < -0.3 is 0 Å². The SMILES string of the molecule is Cc1[nH]nc(Br)c1CC(F)(F)F. The molecule has 6 heteroatoms. The zero-order chi connectivity index (χ0) is 9.35. The molecule has 0 aromatic carbocycles. The fourth-order valence-corrected chi connectivity index (χ4v) is 1.35. The third kappa shape index (κ3) is 2.23. The molecule has 1 heterocycles. The number of nitrogens with one attached hydrogen (secondary N) is 1. The molecular weight excluding hydrogens is 237 g/mol. The van der Waals surface area contributed by atoms with Gasteiger partial charge in [0, 0.05) is 11.3 Å². The van der Waals surface area contributed by atoms with Crippen molar-refractivity contribution in [2.24, 2.45) is 0 Å². The Morgan fingerprint density at radius 3 is 2.42 bits per heavy atom. The lowest BCUT2D eigenvalue weighted by Crippen LogP contribution is -2.12. The number of rotatable bonds is 1. The van der Waals surface area contributed by atoms with Crippen LogP contribution in [0.25, 0.3) is 0 Å². The molecule has 0 saturated heterocycles. The largest absolute Gasteiger partial charge is 0.393 e. The van der Waals surface area contributed by atoms with Crippen LogP contribution in [0.15, 0.2) is 4.60 Å². The van der Waals surface area contributed by atoms with E-state index in [-0.39, 0.29) is 10.2 Å². The molecular formula is C6H6BrF3N2. The topological polar surface area (TPSA) is 28.7 Å². The summed E-state index contributed by atoms with van der Waals surface area (Å²) < 4.78 is 36.0. The van der Waals surface area contributed by atoms with Crippen molar-refractivity contribution in [2.75, 3.05) is 0 Å². The molecule has 0 spiro atoms. The second-order valence-corrected chi connectivity index (χ2v) is 3.16. The number of hydrogen-bond donors (Lipinski definition) is 1. The third-order valence-corrected chi connectivity index (χ3v) is 2.06. The van der Waals surface area contributed by atoms with Crippen molar-refractivity contribution >= 4 is 15.9 Å². The van der Waals surface area contributed by atoms with Gasteiger partial charge in [0.05, 0.1) is 6.42 Å². The van der Waals surface area contributed by atoms with Crippen LogP contribution in [0.1, 0.15) is 11.3 Å². The molecule has 1 aromatic heterocycles. The van der Waals surface area contributed by atoms with Gasteiger partial charge in [0.1, 0.15) is 4.60 Å². The van der Waals surface area contributed by atoms with Gasteiger partial charge in [-0.25, -0.2) is 0 Å². The summed E-state index contributed by atoms with van der Waals surface area (Å²) in [7, 11) is 0. The summed E-state index contributed by atoms with van der Waals surface area (Å²) in [4.78, 5) is 0. The summed E-state index contributed by atoms with van der Waals surface area (Å²) in [6, 6.07) is 0. The summed E-state index contributed by atoms with van der Waals surface area (Å²) in [5.74, 6) is 0. The van der Waals surface area contributed by atoms with Crippen LogP contribution in [0.4, 0.5) is 13.2 Å². The fourth-order valence-electron chi connectivity index (χ4n) is 0.829. The molecule has 0 bridgehead atoms. The van der Waals surface area contributed by atoms with E-state index in [1.54, 1.807) is 6.92 Å². The molecule has 1 rings (SSSR count). The Hall–Kier alpha value is -0.520. The molecule has 1 N–H and O–H groups in total. The molecule has 0 radical (unpaired) electrons. The highest BCUT2D eigenvalue weighted by Crippen LogP contribution is 2.26. The summed E-state index contributed by atoms with van der Waals surface area (Å²) in [6.07, 6.45) is -5.13. The maximum atomic E-state index is 11.9. The standard InChI is InChI=1S/C6H6BrF3N2/c1-3-4(2-6(8,9)10)5(7)12-11-3/h2H2,1H3,(H,11,12). The lowest BCUT2D eigenvalue weighted by Gasteiger charge is -2.04. The van der Waals surface area contributed by atoms with Crippen molar-refractivity contribution in [1.29, 1.82) is 0 Å². The van der Waals surface area contributed by atoms with Gasteiger partial charge in [-0.3, -0.25) is 5.10 Å². The van der Waals surface area contributed by atoms with E-state index in [1.807, 2.05) is 0 Å². The maximum Gasteiger partial charge on any atom is 0.393 e. The summed E-state index contributed by atoms with van der Waals surface area (Å²) in [6.45, 7) is 1.55. The predicted molar refractivity (Wildman–Crippen MR) is 40.8 cm³/mol. The van der Waals surface area contributed by atoms with Gasteiger partial charge in [0.25, 0.3) is 0 Å². The monoisotopic (exact) mass is 242 g/mol. The van der Waals surface area contributed by atoms with E-state index in [0.717, 1.165) is 0 Å². The average molecular weight is 243 g/mol. The van der Waals surface area contributed by atoms with Gasteiger partial charge in [-0.2, -0.15) is 18.3 Å². The van der Waals surface area contributed by atoms with E-state index in [9.17, 15) is 13.2 Å². The minimum atomic E-state index is -4.18. The Morgan fingerprint density at radius 1 is 1.50 bits per heavy atom. The smallest absolute Gasteiger partial charge is 0.281 e. The fraction of sp³-hybridized carbons (Fsp3) is 0.500. The number of alkyl halides is 3. The second kappa shape index (κ2) is 3.08. The predicted octanol–water partition coefficient (Wildman–Crippen LogP) is 2.59. The quantitative estimate of drug-likeness (QED) is 0.806. The molecule has 0 amide bonds. The first-order chi connectivity index (χ1) is 5.40. The number of aryl methyl sites for hydroxylation is 1. The number of nitrogens with zero attached hydrogens (tertiary/aromatic N) is 1. The zero-order valence-electron chi connectivity index (χ0n) is 6.17. The average Bonchev–Trinajstić information content (AvgIpc) is 2.16. The molecule has 0 fully saturated rings. The minimum Gasteiger partial charge on any atom is -0.281 e. The Morgan fingerprint density at radius 2 is 2.08 bits per heavy atom. The first-order valence-electron chi connectivity index (χ1n) is 3.16. The minimum absolute atomic E-state index is 0.169. The zero-order valence-corrected chi connectivity index (χ0v) is 7.75. The number of H-pyrrole nitrogens is 1. The van der Waals surface area contributed by atoms with Gasteiger partial charge in [-0.05, 0) is 22.9 Å². The lowest BCUT2D eigenvalue weighted by molar-refractivity contribution is -0.127. The highest BCUT2D eigenvalue weighted by Gasteiger charge is 2.30.